The van der Waals surface area contributed by atoms with Gasteiger partial charge in [0.1, 0.15) is 0 Å². The van der Waals surface area contributed by atoms with Crippen LogP contribution in [0.4, 0.5) is 11.4 Å². The first-order valence-electron chi connectivity index (χ1n) is 7.51. The maximum absolute atomic E-state index is 6.16. The third-order valence-electron chi connectivity index (χ3n) is 3.90. The summed E-state index contributed by atoms with van der Waals surface area (Å²) in [7, 11) is 0. The van der Waals surface area contributed by atoms with Crippen molar-refractivity contribution in [1.29, 1.82) is 0 Å². The fourth-order valence-corrected chi connectivity index (χ4v) is 2.65. The molecule has 118 valence electrons. The molecule has 0 bridgehead atoms. The van der Waals surface area contributed by atoms with Gasteiger partial charge in [0.25, 0.3) is 0 Å². The number of hydrogen-bond acceptors (Lipinski definition) is 6. The van der Waals surface area contributed by atoms with Crippen LogP contribution < -0.4 is 11.5 Å². The monoisotopic (exact) mass is 317 g/mol. The summed E-state index contributed by atoms with van der Waals surface area (Å²) in [5, 5.41) is 4.96. The van der Waals surface area contributed by atoms with Crippen molar-refractivity contribution < 1.29 is 4.52 Å². The van der Waals surface area contributed by atoms with E-state index in [-0.39, 0.29) is 0 Å². The summed E-state index contributed by atoms with van der Waals surface area (Å²) in [6.07, 6.45) is 3.89. The summed E-state index contributed by atoms with van der Waals surface area (Å²) in [4.78, 5) is 8.69. The van der Waals surface area contributed by atoms with Crippen LogP contribution in [-0.4, -0.2) is 15.1 Å². The van der Waals surface area contributed by atoms with Gasteiger partial charge < -0.3 is 16.0 Å². The van der Waals surface area contributed by atoms with E-state index in [0.29, 0.717) is 29.2 Å². The smallest absolute Gasteiger partial charge is 0.168 e. The summed E-state index contributed by atoms with van der Waals surface area (Å²) >= 11 is 0. The van der Waals surface area contributed by atoms with Crippen molar-refractivity contribution in [2.24, 2.45) is 0 Å². The molecule has 0 atom stereocenters. The molecule has 0 spiro atoms. The average molecular weight is 317 g/mol. The van der Waals surface area contributed by atoms with Crippen molar-refractivity contribution in [3.8, 4) is 11.3 Å². The van der Waals surface area contributed by atoms with Gasteiger partial charge in [0.15, 0.2) is 5.76 Å². The second kappa shape index (κ2) is 5.66. The van der Waals surface area contributed by atoms with Gasteiger partial charge in [-0.3, -0.25) is 9.97 Å². The molecule has 0 unspecified atom stereocenters. The van der Waals surface area contributed by atoms with Crippen molar-refractivity contribution >= 4 is 22.3 Å². The Labute approximate surface area is 138 Å². The van der Waals surface area contributed by atoms with Gasteiger partial charge in [-0.1, -0.05) is 23.4 Å². The highest BCUT2D eigenvalue weighted by Crippen LogP contribution is 2.29. The van der Waals surface area contributed by atoms with Crippen molar-refractivity contribution in [2.45, 2.75) is 6.42 Å². The molecule has 3 aromatic heterocycles. The molecule has 6 nitrogen and oxygen atoms in total. The number of hydrogen-bond donors (Lipinski definition) is 2. The lowest BCUT2D eigenvalue weighted by Gasteiger charge is -2.09. The zero-order valence-electron chi connectivity index (χ0n) is 12.8. The molecular weight excluding hydrogens is 302 g/mol. The Kier molecular flexibility index (Phi) is 3.35. The molecule has 1 aromatic carbocycles. The SMILES string of the molecule is Nc1c(Cc2cc(-c3cccnc3)on2)nc2ccccc2c1N. The van der Waals surface area contributed by atoms with Crippen LogP contribution in [0.15, 0.2) is 59.4 Å². The zero-order chi connectivity index (χ0) is 16.5. The van der Waals surface area contributed by atoms with Crippen LogP contribution in [0.5, 0.6) is 0 Å². The average Bonchev–Trinajstić information content (AvgIpc) is 3.09. The minimum Gasteiger partial charge on any atom is -0.396 e. The molecule has 0 aliphatic carbocycles. The van der Waals surface area contributed by atoms with Crippen molar-refractivity contribution in [3.05, 3.63) is 66.2 Å². The molecule has 0 saturated heterocycles. The molecule has 6 heteroatoms. The highest BCUT2D eigenvalue weighted by Gasteiger charge is 2.13. The van der Waals surface area contributed by atoms with E-state index < -0.39 is 0 Å². The lowest BCUT2D eigenvalue weighted by atomic mass is 10.1. The maximum atomic E-state index is 6.16. The Morgan fingerprint density at radius 2 is 1.88 bits per heavy atom. The number of nitrogens with two attached hydrogens (primary N) is 2. The zero-order valence-corrected chi connectivity index (χ0v) is 12.8. The van der Waals surface area contributed by atoms with Gasteiger partial charge in [0.2, 0.25) is 0 Å². The molecule has 0 saturated carbocycles. The summed E-state index contributed by atoms with van der Waals surface area (Å²) in [5.74, 6) is 0.658. The lowest BCUT2D eigenvalue weighted by Crippen LogP contribution is -2.04. The van der Waals surface area contributed by atoms with Crippen LogP contribution in [-0.2, 0) is 6.42 Å². The van der Waals surface area contributed by atoms with Gasteiger partial charge in [-0.05, 0) is 18.2 Å². The van der Waals surface area contributed by atoms with Crippen LogP contribution in [0, 0.1) is 0 Å². The third-order valence-corrected chi connectivity index (χ3v) is 3.90. The van der Waals surface area contributed by atoms with Gasteiger partial charge >= 0.3 is 0 Å². The Morgan fingerprint density at radius 3 is 2.71 bits per heavy atom. The largest absolute Gasteiger partial charge is 0.396 e. The lowest BCUT2D eigenvalue weighted by molar-refractivity contribution is 0.425. The predicted molar refractivity (Wildman–Crippen MR) is 93.1 cm³/mol. The topological polar surface area (TPSA) is 104 Å². The maximum Gasteiger partial charge on any atom is 0.168 e. The number of benzene rings is 1. The number of fused-ring (bicyclic) bond motifs is 1. The van der Waals surface area contributed by atoms with Gasteiger partial charge in [-0.25, -0.2) is 0 Å². The molecule has 4 rings (SSSR count). The molecular formula is C18H15N5O. The summed E-state index contributed by atoms with van der Waals surface area (Å²) in [6.45, 7) is 0. The molecule has 0 fully saturated rings. The first-order chi connectivity index (χ1) is 11.7. The molecule has 3 heterocycles. The fraction of sp³-hybridized carbons (Fsp3) is 0.0556. The number of nitrogens with zero attached hydrogens (tertiary/aromatic N) is 3. The molecule has 24 heavy (non-hydrogen) atoms. The Hall–Kier alpha value is -3.41. The van der Waals surface area contributed by atoms with Crippen molar-refractivity contribution in [3.63, 3.8) is 0 Å². The first-order valence-corrected chi connectivity index (χ1v) is 7.51. The van der Waals surface area contributed by atoms with Crippen LogP contribution in [0.1, 0.15) is 11.4 Å². The highest BCUT2D eigenvalue weighted by molar-refractivity contribution is 5.96. The summed E-state index contributed by atoms with van der Waals surface area (Å²) < 4.78 is 5.39. The van der Waals surface area contributed by atoms with E-state index in [4.69, 9.17) is 16.0 Å². The quantitative estimate of drug-likeness (QED) is 0.602. The number of aromatic nitrogens is 3. The first kappa shape index (κ1) is 14.2. The van der Waals surface area contributed by atoms with E-state index >= 15 is 0 Å². The fourth-order valence-electron chi connectivity index (χ4n) is 2.65. The number of pyridine rings is 2. The van der Waals surface area contributed by atoms with Gasteiger partial charge in [0, 0.05) is 35.8 Å². The Balaban J connectivity index is 1.70. The van der Waals surface area contributed by atoms with E-state index in [9.17, 15) is 0 Å². The van der Waals surface area contributed by atoms with E-state index in [1.807, 2.05) is 42.5 Å². The minimum atomic E-state index is 0.449. The number of anilines is 2. The molecule has 0 amide bonds. The standard InChI is InChI=1S/C18H15N5O/c19-17-13-5-1-2-6-14(13)22-15(18(17)20)8-12-9-16(24-23-12)11-4-3-7-21-10-11/h1-7,9-10H,8,20H2,(H2,19,22). The normalized spacial score (nSPS) is 11.0. The van der Waals surface area contributed by atoms with E-state index in [0.717, 1.165) is 22.2 Å². The van der Waals surface area contributed by atoms with Crippen molar-refractivity contribution in [1.82, 2.24) is 15.1 Å². The molecule has 0 radical (unpaired) electrons. The second-order valence-electron chi connectivity index (χ2n) is 5.50. The van der Waals surface area contributed by atoms with Gasteiger partial charge in [-0.15, -0.1) is 0 Å². The van der Waals surface area contributed by atoms with E-state index in [1.54, 1.807) is 12.4 Å². The Bertz CT molecular complexity index is 1010. The predicted octanol–water partition coefficient (Wildman–Crippen LogP) is 3.04. The third kappa shape index (κ3) is 2.44. The van der Waals surface area contributed by atoms with Crippen LogP contribution >= 0.6 is 0 Å². The van der Waals surface area contributed by atoms with Crippen LogP contribution in [0.25, 0.3) is 22.2 Å². The summed E-state index contributed by atoms with van der Waals surface area (Å²) in [6, 6.07) is 13.3. The van der Waals surface area contributed by atoms with Crippen LogP contribution in [0.2, 0.25) is 0 Å². The van der Waals surface area contributed by atoms with Gasteiger partial charge in [-0.2, -0.15) is 0 Å². The Morgan fingerprint density at radius 1 is 1.00 bits per heavy atom. The number of para-hydroxylation sites is 1. The van der Waals surface area contributed by atoms with Gasteiger partial charge in [0.05, 0.1) is 28.3 Å². The van der Waals surface area contributed by atoms with Crippen LogP contribution in [0.3, 0.4) is 0 Å². The molecule has 0 aliphatic rings. The number of nitrogen functional groups attached to an aromatic ring is 2. The van der Waals surface area contributed by atoms with E-state index in [1.165, 1.54) is 0 Å². The molecule has 4 aromatic rings. The van der Waals surface area contributed by atoms with E-state index in [2.05, 4.69) is 15.1 Å². The minimum absolute atomic E-state index is 0.449. The second-order valence-corrected chi connectivity index (χ2v) is 5.50. The highest BCUT2D eigenvalue weighted by atomic mass is 16.5. The number of rotatable bonds is 3. The van der Waals surface area contributed by atoms with Crippen molar-refractivity contribution in [2.75, 3.05) is 11.5 Å². The molecule has 4 N–H and O–H groups in total. The molecule has 0 aliphatic heterocycles. The summed E-state index contributed by atoms with van der Waals surface area (Å²) in [5.41, 5.74) is 16.5.